The second kappa shape index (κ2) is 9.19. The molecule has 3 aromatic rings. The molecule has 0 fully saturated rings. The zero-order valence-corrected chi connectivity index (χ0v) is 16.6. The van der Waals surface area contributed by atoms with Crippen molar-refractivity contribution in [3.8, 4) is 5.75 Å². The summed E-state index contributed by atoms with van der Waals surface area (Å²) in [4.78, 5) is 35.0. The summed E-state index contributed by atoms with van der Waals surface area (Å²) >= 11 is 5.84. The van der Waals surface area contributed by atoms with Gasteiger partial charge in [-0.1, -0.05) is 17.7 Å². The van der Waals surface area contributed by atoms with E-state index in [2.05, 4.69) is 5.32 Å². The molecule has 1 unspecified atom stereocenters. The normalized spacial score (nSPS) is 11.4. The lowest BCUT2D eigenvalue weighted by molar-refractivity contribution is -0.384. The Labute approximate surface area is 177 Å². The fourth-order valence-electron chi connectivity index (χ4n) is 2.69. The number of non-ortho nitro benzene ring substituents is 1. The predicted octanol–water partition coefficient (Wildman–Crippen LogP) is 5.15. The summed E-state index contributed by atoms with van der Waals surface area (Å²) in [6.07, 6.45) is -0.744. The van der Waals surface area contributed by atoms with Gasteiger partial charge >= 0.3 is 0 Å². The van der Waals surface area contributed by atoms with Crippen LogP contribution in [0.1, 0.15) is 27.6 Å². The van der Waals surface area contributed by atoms with Crippen LogP contribution in [0.5, 0.6) is 5.75 Å². The molecule has 1 atom stereocenters. The minimum atomic E-state index is -0.744. The van der Waals surface area contributed by atoms with Crippen LogP contribution in [0.15, 0.2) is 72.8 Å². The van der Waals surface area contributed by atoms with Crippen molar-refractivity contribution < 1.29 is 19.2 Å². The number of anilines is 1. The Morgan fingerprint density at radius 3 is 2.27 bits per heavy atom. The predicted molar refractivity (Wildman–Crippen MR) is 113 cm³/mol. The molecule has 1 amide bonds. The number of halogens is 1. The number of Topliss-reactive ketones (excluding diaryl/α,β-unsaturated/α-hetero) is 1. The number of ether oxygens (including phenoxy) is 1. The molecule has 0 saturated carbocycles. The van der Waals surface area contributed by atoms with Gasteiger partial charge in [-0.15, -0.1) is 0 Å². The quantitative estimate of drug-likeness (QED) is 0.321. The van der Waals surface area contributed by atoms with Crippen LogP contribution in [0.25, 0.3) is 0 Å². The van der Waals surface area contributed by atoms with Crippen LogP contribution in [0.4, 0.5) is 11.4 Å². The van der Waals surface area contributed by atoms with Gasteiger partial charge in [-0.2, -0.15) is 0 Å². The van der Waals surface area contributed by atoms with Crippen LogP contribution < -0.4 is 10.1 Å². The van der Waals surface area contributed by atoms with Gasteiger partial charge in [0, 0.05) is 40.0 Å². The van der Waals surface area contributed by atoms with Crippen LogP contribution in [0.3, 0.4) is 0 Å². The maximum Gasteiger partial charge on any atom is 0.269 e. The van der Waals surface area contributed by atoms with E-state index in [1.807, 2.05) is 0 Å². The molecule has 0 aliphatic heterocycles. The Morgan fingerprint density at radius 2 is 1.63 bits per heavy atom. The molecule has 0 radical (unpaired) electrons. The summed E-state index contributed by atoms with van der Waals surface area (Å²) in [5, 5.41) is 14.0. The summed E-state index contributed by atoms with van der Waals surface area (Å²) < 4.78 is 5.72. The third kappa shape index (κ3) is 5.21. The van der Waals surface area contributed by atoms with Crippen LogP contribution in [-0.4, -0.2) is 22.7 Å². The smallest absolute Gasteiger partial charge is 0.269 e. The average molecular weight is 425 g/mol. The van der Waals surface area contributed by atoms with Crippen LogP contribution in [0.2, 0.25) is 5.02 Å². The van der Waals surface area contributed by atoms with Gasteiger partial charge in [-0.25, -0.2) is 0 Å². The maximum atomic E-state index is 12.5. The van der Waals surface area contributed by atoms with E-state index in [1.165, 1.54) is 24.3 Å². The summed E-state index contributed by atoms with van der Waals surface area (Å²) in [5.74, 6) is -0.217. The fourth-order valence-corrected chi connectivity index (χ4v) is 2.82. The molecule has 30 heavy (non-hydrogen) atoms. The molecule has 0 aliphatic rings. The lowest BCUT2D eigenvalue weighted by atomic mass is 10.1. The zero-order chi connectivity index (χ0) is 21.7. The monoisotopic (exact) mass is 424 g/mol. The number of nitro groups is 1. The Bertz CT molecular complexity index is 1080. The van der Waals surface area contributed by atoms with Crippen LogP contribution >= 0.6 is 11.6 Å². The number of nitrogens with one attached hydrogen (secondary N) is 1. The Hall–Kier alpha value is -3.71. The standard InChI is InChI=1S/C22H17ClN2O5/c1-14(21(26)15-5-9-17(23)10-6-15)30-20-4-2-3-18(13-20)24-22(27)16-7-11-19(12-8-16)25(28)29/h2-14H,1H3,(H,24,27). The largest absolute Gasteiger partial charge is 0.482 e. The number of carbonyl (C=O) groups is 2. The summed E-state index contributed by atoms with van der Waals surface area (Å²) in [7, 11) is 0. The number of hydrogen-bond donors (Lipinski definition) is 1. The second-order valence-electron chi connectivity index (χ2n) is 6.42. The first kappa shape index (κ1) is 21.0. The van der Waals surface area contributed by atoms with Crippen molar-refractivity contribution in [2.45, 2.75) is 13.0 Å². The number of carbonyl (C=O) groups excluding carboxylic acids is 2. The highest BCUT2D eigenvalue weighted by atomic mass is 35.5. The topological polar surface area (TPSA) is 98.5 Å². The number of hydrogen-bond acceptors (Lipinski definition) is 5. The second-order valence-corrected chi connectivity index (χ2v) is 6.85. The molecule has 7 nitrogen and oxygen atoms in total. The molecule has 8 heteroatoms. The molecule has 152 valence electrons. The van der Waals surface area contributed by atoms with Gasteiger partial charge < -0.3 is 10.1 Å². The minimum absolute atomic E-state index is 0.0960. The number of nitrogens with zero attached hydrogens (tertiary/aromatic N) is 1. The van der Waals surface area contributed by atoms with Gasteiger partial charge in [-0.3, -0.25) is 19.7 Å². The number of amides is 1. The van der Waals surface area contributed by atoms with Crippen molar-refractivity contribution >= 4 is 34.7 Å². The SMILES string of the molecule is CC(Oc1cccc(NC(=O)c2ccc([N+](=O)[O-])cc2)c1)C(=O)c1ccc(Cl)cc1. The maximum absolute atomic E-state index is 12.5. The van der Waals surface area contributed by atoms with Crippen molar-refractivity contribution in [2.75, 3.05) is 5.32 Å². The highest BCUT2D eigenvalue weighted by Crippen LogP contribution is 2.21. The van der Waals surface area contributed by atoms with E-state index in [0.29, 0.717) is 22.0 Å². The summed E-state index contributed by atoms with van der Waals surface area (Å²) in [6, 6.07) is 18.4. The summed E-state index contributed by atoms with van der Waals surface area (Å²) in [6.45, 7) is 1.64. The zero-order valence-electron chi connectivity index (χ0n) is 15.9. The van der Waals surface area contributed by atoms with Gasteiger partial charge in [0.05, 0.1) is 4.92 Å². The van der Waals surface area contributed by atoms with Crippen molar-refractivity contribution in [3.05, 3.63) is 99.1 Å². The number of benzene rings is 3. The van der Waals surface area contributed by atoms with E-state index < -0.39 is 16.9 Å². The van der Waals surface area contributed by atoms with Crippen LogP contribution in [-0.2, 0) is 0 Å². The molecule has 0 bridgehead atoms. The molecule has 0 spiro atoms. The molecular formula is C22H17ClN2O5. The number of rotatable bonds is 7. The Balaban J connectivity index is 1.66. The van der Waals surface area contributed by atoms with E-state index in [1.54, 1.807) is 55.5 Å². The first-order valence-electron chi connectivity index (χ1n) is 8.96. The summed E-state index contributed by atoms with van der Waals surface area (Å²) in [5.41, 5.74) is 1.12. The third-order valence-electron chi connectivity index (χ3n) is 4.24. The first-order chi connectivity index (χ1) is 14.3. The van der Waals surface area contributed by atoms with Gasteiger partial charge in [0.1, 0.15) is 5.75 Å². The van der Waals surface area contributed by atoms with Gasteiger partial charge in [0.15, 0.2) is 6.10 Å². The van der Waals surface area contributed by atoms with E-state index in [4.69, 9.17) is 16.3 Å². The van der Waals surface area contributed by atoms with Crippen molar-refractivity contribution in [1.29, 1.82) is 0 Å². The highest BCUT2D eigenvalue weighted by Gasteiger charge is 2.17. The van der Waals surface area contributed by atoms with Crippen molar-refractivity contribution in [1.82, 2.24) is 0 Å². The number of ketones is 1. The van der Waals surface area contributed by atoms with E-state index in [0.717, 1.165) is 0 Å². The molecule has 3 aromatic carbocycles. The molecule has 0 heterocycles. The van der Waals surface area contributed by atoms with Crippen molar-refractivity contribution in [3.63, 3.8) is 0 Å². The average Bonchev–Trinajstić information content (AvgIpc) is 2.74. The Kier molecular flexibility index (Phi) is 6.44. The number of nitro benzene ring substituents is 1. The molecular weight excluding hydrogens is 408 g/mol. The first-order valence-corrected chi connectivity index (χ1v) is 9.33. The lowest BCUT2D eigenvalue weighted by Crippen LogP contribution is -2.24. The molecule has 0 aliphatic carbocycles. The third-order valence-corrected chi connectivity index (χ3v) is 4.50. The van der Waals surface area contributed by atoms with Gasteiger partial charge in [0.2, 0.25) is 5.78 Å². The van der Waals surface area contributed by atoms with E-state index in [9.17, 15) is 19.7 Å². The van der Waals surface area contributed by atoms with E-state index in [-0.39, 0.29) is 17.0 Å². The fraction of sp³-hybridized carbons (Fsp3) is 0.0909. The molecule has 0 aromatic heterocycles. The molecule has 1 N–H and O–H groups in total. The van der Waals surface area contributed by atoms with Crippen LogP contribution in [0, 0.1) is 10.1 Å². The highest BCUT2D eigenvalue weighted by molar-refractivity contribution is 6.30. The lowest BCUT2D eigenvalue weighted by Gasteiger charge is -2.15. The Morgan fingerprint density at radius 1 is 1.00 bits per heavy atom. The van der Waals surface area contributed by atoms with Gasteiger partial charge in [0.25, 0.3) is 11.6 Å². The minimum Gasteiger partial charge on any atom is -0.482 e. The molecule has 3 rings (SSSR count). The molecule has 0 saturated heterocycles. The van der Waals surface area contributed by atoms with Crippen molar-refractivity contribution in [2.24, 2.45) is 0 Å². The van der Waals surface area contributed by atoms with Gasteiger partial charge in [-0.05, 0) is 55.5 Å². The van der Waals surface area contributed by atoms with E-state index >= 15 is 0 Å².